The monoisotopic (exact) mass is 599 g/mol. The molecule has 1 aromatic carbocycles. The van der Waals surface area contributed by atoms with Gasteiger partial charge in [0.05, 0.1) is 25.7 Å². The van der Waals surface area contributed by atoms with Crippen molar-refractivity contribution in [3.63, 3.8) is 0 Å². The van der Waals surface area contributed by atoms with Crippen LogP contribution >= 0.6 is 11.3 Å². The smallest absolute Gasteiger partial charge is 0.309 e. The number of carbonyl (C=O) groups is 2. The first kappa shape index (κ1) is 30.2. The van der Waals surface area contributed by atoms with Crippen molar-refractivity contribution < 1.29 is 18.9 Å². The Kier molecular flexibility index (Phi) is 7.52. The summed E-state index contributed by atoms with van der Waals surface area (Å²) in [5.41, 5.74) is 1.18. The Bertz CT molecular complexity index is 1450. The molecule has 6 rings (SSSR count). The highest BCUT2D eigenvalue weighted by molar-refractivity contribution is 7.98. The molecule has 224 valence electrons. The molecule has 1 unspecified atom stereocenters. The molecule has 1 atom stereocenters. The van der Waals surface area contributed by atoms with Gasteiger partial charge in [-0.3, -0.25) is 9.59 Å². The molecule has 1 aromatic heterocycles. The van der Waals surface area contributed by atoms with Crippen LogP contribution < -0.4 is 10.0 Å². The van der Waals surface area contributed by atoms with Gasteiger partial charge in [-0.15, -0.1) is 11.3 Å². The van der Waals surface area contributed by atoms with Gasteiger partial charge in [0, 0.05) is 16.0 Å². The number of benzene rings is 1. The summed E-state index contributed by atoms with van der Waals surface area (Å²) in [7, 11) is -2.76. The van der Waals surface area contributed by atoms with E-state index in [1.54, 1.807) is 0 Å². The minimum atomic E-state index is -2.76. The van der Waals surface area contributed by atoms with Crippen molar-refractivity contribution in [1.29, 1.82) is 0 Å². The molecule has 0 spiro atoms. The van der Waals surface area contributed by atoms with E-state index in [-0.39, 0.29) is 16.9 Å². The lowest BCUT2D eigenvalue weighted by atomic mass is 9.39. The maximum Gasteiger partial charge on any atom is 0.309 e. The Balaban J connectivity index is 1.50. The molecule has 4 aliphatic carbocycles. The van der Waals surface area contributed by atoms with Gasteiger partial charge in [-0.1, -0.05) is 58.9 Å². The Morgan fingerprint density at radius 3 is 2.29 bits per heavy atom. The van der Waals surface area contributed by atoms with Gasteiger partial charge < -0.3 is 10.4 Å². The van der Waals surface area contributed by atoms with Crippen molar-refractivity contribution in [2.75, 3.05) is 0 Å². The molecule has 4 aliphatic rings. The fourth-order valence-corrected chi connectivity index (χ4v) is 10.1. The van der Waals surface area contributed by atoms with Crippen LogP contribution in [0.4, 0.5) is 0 Å². The average molecular weight is 600 g/mol. The molecule has 2 bridgehead atoms. The number of amides is 1. The summed E-state index contributed by atoms with van der Waals surface area (Å²) in [6, 6.07) is 6.04. The summed E-state index contributed by atoms with van der Waals surface area (Å²) in [6.07, 6.45) is 8.40. The standard InChI is InChI=1S/C32H45N3O4S2/c1-29(2,3)22-16-21(13-14-24(22)41(7,39)35-30(4,5)6)25-23(15-20-11-9-8-10-12-20)33-27(40-25)26(36)34-32-17-31(18-32,19-32)28(37)38/h13-14,16,20H,7-12,15,17-19H2,1-6H3,(H,34,36)(H,35,39)(H,37,38). The van der Waals surface area contributed by atoms with Crippen LogP contribution in [0.5, 0.6) is 0 Å². The molecule has 0 saturated heterocycles. The first-order valence-corrected chi connectivity index (χ1v) is 17.3. The molecule has 4 fully saturated rings. The molecule has 0 radical (unpaired) electrons. The number of hydrogen-bond acceptors (Lipinski definition) is 5. The van der Waals surface area contributed by atoms with Gasteiger partial charge >= 0.3 is 5.97 Å². The third-order valence-corrected chi connectivity index (χ3v) is 12.0. The van der Waals surface area contributed by atoms with Crippen molar-refractivity contribution in [3.8, 4) is 10.4 Å². The largest absolute Gasteiger partial charge is 0.481 e. The molecular formula is C32H45N3O4S2. The third-order valence-electron chi connectivity index (χ3n) is 8.84. The number of nitrogens with one attached hydrogen (secondary N) is 2. The predicted molar refractivity (Wildman–Crippen MR) is 167 cm³/mol. The number of nitrogens with zero attached hydrogens (tertiary/aromatic N) is 1. The first-order chi connectivity index (χ1) is 18.9. The molecule has 2 aromatic rings. The van der Waals surface area contributed by atoms with Crippen molar-refractivity contribution in [1.82, 2.24) is 15.0 Å². The molecule has 3 N–H and O–H groups in total. The second-order valence-corrected chi connectivity index (χ2v) is 17.8. The van der Waals surface area contributed by atoms with E-state index in [1.165, 1.54) is 43.4 Å². The van der Waals surface area contributed by atoms with E-state index in [4.69, 9.17) is 4.98 Å². The van der Waals surface area contributed by atoms with Gasteiger partial charge in [0.25, 0.3) is 5.91 Å². The Morgan fingerprint density at radius 2 is 1.73 bits per heavy atom. The number of carboxylic acids is 1. The number of thiazole rings is 1. The maximum atomic E-state index is 13.9. The van der Waals surface area contributed by atoms with Crippen LogP contribution in [-0.2, 0) is 26.3 Å². The van der Waals surface area contributed by atoms with Crippen LogP contribution in [0.1, 0.15) is 114 Å². The first-order valence-electron chi connectivity index (χ1n) is 14.8. The molecule has 9 heteroatoms. The SMILES string of the molecule is C=S(=O)(NC(C)(C)C)c1ccc(-c2sc(C(=O)NC34CC(C(=O)O)(C3)C4)nc2CC2CCCCC2)cc1C(C)(C)C. The maximum absolute atomic E-state index is 13.9. The van der Waals surface area contributed by atoms with Crippen molar-refractivity contribution in [3.05, 3.63) is 34.5 Å². The molecule has 1 amide bonds. The number of carboxylic acid groups (broad SMARTS) is 1. The molecule has 41 heavy (non-hydrogen) atoms. The lowest BCUT2D eigenvalue weighted by Gasteiger charge is -2.67. The van der Waals surface area contributed by atoms with E-state index >= 15 is 0 Å². The number of carbonyl (C=O) groups excluding carboxylic acids is 1. The van der Waals surface area contributed by atoms with E-state index in [2.05, 4.69) is 42.7 Å². The number of rotatable bonds is 8. The predicted octanol–water partition coefficient (Wildman–Crippen LogP) is 6.35. The normalized spacial score (nSPS) is 26.0. The summed E-state index contributed by atoms with van der Waals surface area (Å²) in [6.45, 7) is 12.3. The summed E-state index contributed by atoms with van der Waals surface area (Å²) < 4.78 is 17.1. The molecule has 0 aliphatic heterocycles. The fraction of sp³-hybridized carbons (Fsp3) is 0.625. The average Bonchev–Trinajstić information content (AvgIpc) is 3.22. The summed E-state index contributed by atoms with van der Waals surface area (Å²) in [5.74, 6) is 3.68. The number of aromatic nitrogens is 1. The Labute approximate surface area is 249 Å². The van der Waals surface area contributed by atoms with Crippen LogP contribution in [0.25, 0.3) is 10.4 Å². The van der Waals surface area contributed by atoms with Crippen molar-refractivity contribution >= 4 is 38.8 Å². The molecule has 7 nitrogen and oxygen atoms in total. The zero-order valence-electron chi connectivity index (χ0n) is 25.3. The zero-order chi connectivity index (χ0) is 30.0. The van der Waals surface area contributed by atoms with E-state index in [9.17, 15) is 18.9 Å². The fourth-order valence-electron chi connectivity index (χ4n) is 7.01. The van der Waals surface area contributed by atoms with E-state index in [0.29, 0.717) is 35.1 Å². The van der Waals surface area contributed by atoms with Crippen LogP contribution in [0.3, 0.4) is 0 Å². The van der Waals surface area contributed by atoms with Gasteiger partial charge in [-0.05, 0) is 86.9 Å². The van der Waals surface area contributed by atoms with E-state index in [0.717, 1.165) is 28.1 Å². The topological polar surface area (TPSA) is 108 Å². The molecule has 1 heterocycles. The van der Waals surface area contributed by atoms with Gasteiger partial charge in [0.1, 0.15) is 0 Å². The third kappa shape index (κ3) is 6.00. The van der Waals surface area contributed by atoms with Crippen molar-refractivity contribution in [2.45, 2.75) is 121 Å². The number of hydrogen-bond donors (Lipinski definition) is 3. The summed E-state index contributed by atoms with van der Waals surface area (Å²) >= 11 is 1.41. The lowest BCUT2D eigenvalue weighted by Crippen LogP contribution is -2.77. The minimum Gasteiger partial charge on any atom is -0.481 e. The van der Waals surface area contributed by atoms with Gasteiger partial charge in [0.15, 0.2) is 5.01 Å². The Hall–Kier alpha value is -2.23. The highest BCUT2D eigenvalue weighted by Crippen LogP contribution is 2.67. The number of aliphatic carboxylic acids is 1. The Morgan fingerprint density at radius 1 is 1.10 bits per heavy atom. The minimum absolute atomic E-state index is 0.215. The second-order valence-electron chi connectivity index (χ2n) is 14.8. The van der Waals surface area contributed by atoms with Crippen LogP contribution in [0, 0.1) is 11.3 Å². The van der Waals surface area contributed by atoms with E-state index < -0.39 is 26.6 Å². The summed E-state index contributed by atoms with van der Waals surface area (Å²) in [4.78, 5) is 31.6. The highest BCUT2D eigenvalue weighted by Gasteiger charge is 2.72. The lowest BCUT2D eigenvalue weighted by molar-refractivity contribution is -0.196. The van der Waals surface area contributed by atoms with E-state index in [1.807, 2.05) is 32.9 Å². The second kappa shape index (κ2) is 10.2. The molecule has 4 saturated carbocycles. The summed E-state index contributed by atoms with van der Waals surface area (Å²) in [5, 5.41) is 13.0. The van der Waals surface area contributed by atoms with Gasteiger partial charge in [-0.2, -0.15) is 0 Å². The van der Waals surface area contributed by atoms with Gasteiger partial charge in [-0.25, -0.2) is 13.9 Å². The van der Waals surface area contributed by atoms with Crippen LogP contribution in [0.15, 0.2) is 23.1 Å². The quantitative estimate of drug-likeness (QED) is 0.307. The van der Waals surface area contributed by atoms with Gasteiger partial charge in [0.2, 0.25) is 0 Å². The zero-order valence-corrected chi connectivity index (χ0v) is 26.9. The highest BCUT2D eigenvalue weighted by atomic mass is 32.2. The van der Waals surface area contributed by atoms with Crippen LogP contribution in [-0.4, -0.2) is 43.1 Å². The molecular weight excluding hydrogens is 555 g/mol. The van der Waals surface area contributed by atoms with Crippen LogP contribution in [0.2, 0.25) is 0 Å². The van der Waals surface area contributed by atoms with Crippen molar-refractivity contribution in [2.24, 2.45) is 11.3 Å².